The number of halogens is 1. The van der Waals surface area contributed by atoms with Crippen LogP contribution in [-0.2, 0) is 14.6 Å². The quantitative estimate of drug-likeness (QED) is 0.785. The second kappa shape index (κ2) is 7.12. The van der Waals surface area contributed by atoms with Gasteiger partial charge in [0.1, 0.15) is 0 Å². The van der Waals surface area contributed by atoms with Crippen LogP contribution in [0.15, 0.2) is 33.9 Å². The third kappa shape index (κ3) is 4.49. The van der Waals surface area contributed by atoms with Gasteiger partial charge in [0.15, 0.2) is 9.84 Å². The van der Waals surface area contributed by atoms with Crippen molar-refractivity contribution in [2.24, 2.45) is 0 Å². The average molecular weight is 388 g/mol. The number of carbonyl (C=O) groups is 1. The van der Waals surface area contributed by atoms with E-state index in [-0.39, 0.29) is 34.3 Å². The highest BCUT2D eigenvalue weighted by Crippen LogP contribution is 2.29. The molecule has 1 amide bonds. The molecular formula is C14H14ClN3O4S2. The van der Waals surface area contributed by atoms with Crippen molar-refractivity contribution in [3.05, 3.63) is 35.2 Å². The van der Waals surface area contributed by atoms with E-state index >= 15 is 0 Å². The van der Waals surface area contributed by atoms with Crippen LogP contribution in [0, 0.1) is 0 Å². The molecule has 0 aliphatic carbocycles. The second-order valence-corrected chi connectivity index (χ2v) is 8.95. The number of aromatic nitrogens is 2. The van der Waals surface area contributed by atoms with Crippen molar-refractivity contribution in [2.45, 2.75) is 17.6 Å². The highest BCUT2D eigenvalue weighted by atomic mass is 35.5. The molecule has 1 saturated heterocycles. The molecule has 1 unspecified atom stereocenters. The number of hydrogen-bond acceptors (Lipinski definition) is 7. The monoisotopic (exact) mass is 387 g/mol. The lowest BCUT2D eigenvalue weighted by Crippen LogP contribution is -2.13. The molecule has 1 aromatic heterocycles. The Hall–Kier alpha value is -1.58. The fraction of sp³-hybridized carbons (Fsp3) is 0.357. The van der Waals surface area contributed by atoms with E-state index in [0.29, 0.717) is 23.0 Å². The molecule has 2 heterocycles. The summed E-state index contributed by atoms with van der Waals surface area (Å²) in [6.45, 7) is 0. The highest BCUT2D eigenvalue weighted by Gasteiger charge is 2.32. The van der Waals surface area contributed by atoms with Gasteiger partial charge in [-0.15, -0.1) is 10.2 Å². The Labute approximate surface area is 148 Å². The van der Waals surface area contributed by atoms with E-state index in [9.17, 15) is 13.2 Å². The Morgan fingerprint density at radius 3 is 2.96 bits per heavy atom. The van der Waals surface area contributed by atoms with Gasteiger partial charge in [-0.25, -0.2) is 8.42 Å². The predicted octanol–water partition coefficient (Wildman–Crippen LogP) is 2.36. The van der Waals surface area contributed by atoms with Gasteiger partial charge in [0.2, 0.25) is 11.8 Å². The number of benzene rings is 1. The molecule has 3 rings (SSSR count). The molecule has 7 nitrogen and oxygen atoms in total. The van der Waals surface area contributed by atoms with E-state index in [1.807, 2.05) is 0 Å². The molecule has 0 radical (unpaired) electrons. The summed E-state index contributed by atoms with van der Waals surface area (Å²) in [7, 11) is -3.01. The van der Waals surface area contributed by atoms with Crippen LogP contribution in [-0.4, -0.2) is 41.8 Å². The fourth-order valence-corrected chi connectivity index (χ4v) is 4.82. The second-order valence-electron chi connectivity index (χ2n) is 5.35. The van der Waals surface area contributed by atoms with E-state index in [4.69, 9.17) is 16.0 Å². The summed E-state index contributed by atoms with van der Waals surface area (Å²) in [6.07, 6.45) is 0.490. The number of hydrogen-bond donors (Lipinski definition) is 1. The van der Waals surface area contributed by atoms with E-state index in [1.54, 1.807) is 24.3 Å². The van der Waals surface area contributed by atoms with Crippen LogP contribution in [0.3, 0.4) is 0 Å². The summed E-state index contributed by atoms with van der Waals surface area (Å²) in [5, 5.41) is 11.2. The van der Waals surface area contributed by atoms with Gasteiger partial charge in [0.05, 0.1) is 23.2 Å². The van der Waals surface area contributed by atoms with Crippen molar-refractivity contribution in [1.82, 2.24) is 10.2 Å². The molecule has 1 N–H and O–H groups in total. The number of rotatable bonds is 5. The first-order valence-electron chi connectivity index (χ1n) is 7.13. The third-order valence-electron chi connectivity index (χ3n) is 3.44. The SMILES string of the molecule is O=C(CSc1nnc(C2CCS(=O)(=O)C2)o1)Nc1cccc(Cl)c1. The molecular weight excluding hydrogens is 374 g/mol. The van der Waals surface area contributed by atoms with Gasteiger partial charge in [-0.3, -0.25) is 4.79 Å². The van der Waals surface area contributed by atoms with Crippen LogP contribution < -0.4 is 5.32 Å². The zero-order chi connectivity index (χ0) is 17.2. The maximum Gasteiger partial charge on any atom is 0.277 e. The van der Waals surface area contributed by atoms with Crippen LogP contribution in [0.5, 0.6) is 0 Å². The minimum Gasteiger partial charge on any atom is -0.416 e. The van der Waals surface area contributed by atoms with Gasteiger partial charge < -0.3 is 9.73 Å². The van der Waals surface area contributed by atoms with E-state index in [2.05, 4.69) is 15.5 Å². The topological polar surface area (TPSA) is 102 Å². The maximum atomic E-state index is 11.9. The lowest BCUT2D eigenvalue weighted by atomic mass is 10.1. The van der Waals surface area contributed by atoms with Crippen LogP contribution in [0.25, 0.3) is 0 Å². The largest absolute Gasteiger partial charge is 0.416 e. The molecule has 1 fully saturated rings. The number of thioether (sulfide) groups is 1. The minimum atomic E-state index is -3.01. The summed E-state index contributed by atoms with van der Waals surface area (Å²) < 4.78 is 28.4. The Morgan fingerprint density at radius 1 is 1.42 bits per heavy atom. The van der Waals surface area contributed by atoms with Crippen molar-refractivity contribution in [1.29, 1.82) is 0 Å². The zero-order valence-electron chi connectivity index (χ0n) is 12.4. The molecule has 1 atom stereocenters. The van der Waals surface area contributed by atoms with Crippen molar-refractivity contribution >= 4 is 44.8 Å². The van der Waals surface area contributed by atoms with Gasteiger partial charge in [-0.2, -0.15) is 0 Å². The van der Waals surface area contributed by atoms with E-state index in [1.165, 1.54) is 0 Å². The molecule has 2 aromatic rings. The van der Waals surface area contributed by atoms with E-state index < -0.39 is 9.84 Å². The first kappa shape index (κ1) is 17.2. The molecule has 1 aliphatic rings. The smallest absolute Gasteiger partial charge is 0.277 e. The van der Waals surface area contributed by atoms with E-state index in [0.717, 1.165) is 11.8 Å². The van der Waals surface area contributed by atoms with Crippen molar-refractivity contribution < 1.29 is 17.6 Å². The molecule has 128 valence electrons. The van der Waals surface area contributed by atoms with Gasteiger partial charge in [0, 0.05) is 10.7 Å². The van der Waals surface area contributed by atoms with Crippen LogP contribution in [0.4, 0.5) is 5.69 Å². The van der Waals surface area contributed by atoms with Crippen molar-refractivity contribution in [2.75, 3.05) is 22.6 Å². The van der Waals surface area contributed by atoms with Crippen LogP contribution >= 0.6 is 23.4 Å². The first-order chi connectivity index (χ1) is 11.4. The van der Waals surface area contributed by atoms with Crippen molar-refractivity contribution in [3.63, 3.8) is 0 Å². The summed E-state index contributed by atoms with van der Waals surface area (Å²) in [6, 6.07) is 6.84. The lowest BCUT2D eigenvalue weighted by Gasteiger charge is -2.04. The number of nitrogens with one attached hydrogen (secondary N) is 1. The van der Waals surface area contributed by atoms with Gasteiger partial charge in [-0.05, 0) is 24.6 Å². The Balaban J connectivity index is 1.53. The number of carbonyl (C=O) groups excluding carboxylic acids is 1. The molecule has 10 heteroatoms. The fourth-order valence-electron chi connectivity index (χ4n) is 2.32. The maximum absolute atomic E-state index is 11.9. The molecule has 1 aromatic carbocycles. The Kier molecular flexibility index (Phi) is 5.12. The van der Waals surface area contributed by atoms with Gasteiger partial charge in [-0.1, -0.05) is 29.4 Å². The van der Waals surface area contributed by atoms with Gasteiger partial charge >= 0.3 is 0 Å². The summed E-state index contributed by atoms with van der Waals surface area (Å²) in [5.74, 6) is 0.104. The highest BCUT2D eigenvalue weighted by molar-refractivity contribution is 7.99. The first-order valence-corrected chi connectivity index (χ1v) is 10.3. The molecule has 24 heavy (non-hydrogen) atoms. The summed E-state index contributed by atoms with van der Waals surface area (Å²) in [4.78, 5) is 11.9. The third-order valence-corrected chi connectivity index (χ3v) is 6.26. The Bertz CT molecular complexity index is 853. The average Bonchev–Trinajstić information content (AvgIpc) is 3.11. The van der Waals surface area contributed by atoms with Crippen LogP contribution in [0.1, 0.15) is 18.2 Å². The standard InChI is InChI=1S/C14H14ClN3O4S2/c15-10-2-1-3-11(6-10)16-12(19)7-23-14-18-17-13(22-14)9-4-5-24(20,21)8-9/h1-3,6,9H,4-5,7-8H2,(H,16,19). The minimum absolute atomic E-state index is 0.0363. The normalized spacial score (nSPS) is 19.3. The molecule has 0 spiro atoms. The Morgan fingerprint density at radius 2 is 2.25 bits per heavy atom. The molecule has 1 aliphatic heterocycles. The molecule has 0 bridgehead atoms. The van der Waals surface area contributed by atoms with Crippen molar-refractivity contribution in [3.8, 4) is 0 Å². The summed E-state index contributed by atoms with van der Waals surface area (Å²) >= 11 is 6.95. The number of anilines is 1. The number of sulfone groups is 1. The predicted molar refractivity (Wildman–Crippen MR) is 91.1 cm³/mol. The number of amides is 1. The molecule has 0 saturated carbocycles. The van der Waals surface area contributed by atoms with Gasteiger partial charge in [0.25, 0.3) is 5.22 Å². The number of nitrogens with zero attached hydrogens (tertiary/aromatic N) is 2. The lowest BCUT2D eigenvalue weighted by molar-refractivity contribution is -0.113. The zero-order valence-corrected chi connectivity index (χ0v) is 14.8. The van der Waals surface area contributed by atoms with Crippen LogP contribution in [0.2, 0.25) is 5.02 Å². The summed E-state index contributed by atoms with van der Waals surface area (Å²) in [5.41, 5.74) is 0.607.